The van der Waals surface area contributed by atoms with Crippen LogP contribution in [0.15, 0.2) is 6.20 Å². The van der Waals surface area contributed by atoms with Gasteiger partial charge < -0.3 is 15.3 Å². The van der Waals surface area contributed by atoms with Crippen LogP contribution in [0.5, 0.6) is 0 Å². The predicted octanol–water partition coefficient (Wildman–Crippen LogP) is 2.31. The number of hydrogen-bond donors (Lipinski definition) is 4. The molecule has 5 nitrogen and oxygen atoms in total. The molecule has 146 valence electrons. The third-order valence-electron chi connectivity index (χ3n) is 9.04. The number of aliphatic hydroxyl groups is 3. The Labute approximate surface area is 156 Å². The number of aromatic amines is 1. The van der Waals surface area contributed by atoms with Gasteiger partial charge in [0, 0.05) is 18.9 Å². The highest BCUT2D eigenvalue weighted by Gasteiger charge is 2.61. The van der Waals surface area contributed by atoms with Crippen LogP contribution < -0.4 is 0 Å². The van der Waals surface area contributed by atoms with Crippen LogP contribution in [0.25, 0.3) is 0 Å². The summed E-state index contributed by atoms with van der Waals surface area (Å²) in [6, 6.07) is 0. The SMILES string of the molecule is C[C@]1([C@H]2CC[C@@]3(C)[C@@H](CC[C@]3(C)O)[C@@H]2CO)Cc2cn[nH]c2C[C@@H]1CO. The summed E-state index contributed by atoms with van der Waals surface area (Å²) in [6.07, 6.45) is 7.49. The number of aliphatic hydroxyl groups excluding tert-OH is 2. The Hall–Kier alpha value is -0.910. The van der Waals surface area contributed by atoms with Crippen LogP contribution in [0.1, 0.15) is 57.7 Å². The van der Waals surface area contributed by atoms with Crippen LogP contribution in [0, 0.1) is 34.5 Å². The minimum Gasteiger partial charge on any atom is -0.396 e. The summed E-state index contributed by atoms with van der Waals surface area (Å²) in [7, 11) is 0. The van der Waals surface area contributed by atoms with Crippen molar-refractivity contribution in [3.05, 3.63) is 17.5 Å². The zero-order chi connectivity index (χ0) is 18.7. The van der Waals surface area contributed by atoms with Crippen LogP contribution in [0.4, 0.5) is 0 Å². The third-order valence-corrected chi connectivity index (χ3v) is 9.04. The fourth-order valence-corrected chi connectivity index (χ4v) is 7.01. The van der Waals surface area contributed by atoms with Crippen molar-refractivity contribution in [2.75, 3.05) is 13.2 Å². The van der Waals surface area contributed by atoms with Crippen molar-refractivity contribution in [3.63, 3.8) is 0 Å². The molecule has 3 aliphatic carbocycles. The standard InChI is InChI=1S/C21H34N2O3/c1-19(9-13-10-22-23-18(13)8-14(19)11-24)16-4-6-20(2)17(15(16)12-25)5-7-21(20,3)26/h10,14-17,24-26H,4-9,11-12H2,1-3H3,(H,22,23)/t14-,15-,16+,17+,19+,20+,21+/m1/s1. The molecule has 0 amide bonds. The molecule has 4 rings (SSSR count). The lowest BCUT2D eigenvalue weighted by molar-refractivity contribution is -0.133. The molecule has 0 bridgehead atoms. The average Bonchev–Trinajstić information content (AvgIpc) is 3.14. The van der Waals surface area contributed by atoms with E-state index in [1.165, 1.54) is 5.56 Å². The van der Waals surface area contributed by atoms with Gasteiger partial charge in [0.2, 0.25) is 0 Å². The Morgan fingerprint density at radius 2 is 1.85 bits per heavy atom. The third kappa shape index (κ3) is 2.36. The highest BCUT2D eigenvalue weighted by Crippen LogP contribution is 2.64. The number of hydrogen-bond acceptors (Lipinski definition) is 4. The zero-order valence-electron chi connectivity index (χ0n) is 16.3. The van der Waals surface area contributed by atoms with E-state index in [2.05, 4.69) is 24.0 Å². The smallest absolute Gasteiger partial charge is 0.0675 e. The van der Waals surface area contributed by atoms with Gasteiger partial charge in [-0.25, -0.2) is 0 Å². The van der Waals surface area contributed by atoms with E-state index >= 15 is 0 Å². The van der Waals surface area contributed by atoms with E-state index in [0.29, 0.717) is 11.8 Å². The van der Waals surface area contributed by atoms with Gasteiger partial charge in [-0.15, -0.1) is 0 Å². The fraction of sp³-hybridized carbons (Fsp3) is 0.857. The Bertz CT molecular complexity index is 672. The molecule has 5 heteroatoms. The fourth-order valence-electron chi connectivity index (χ4n) is 7.01. The number of aromatic nitrogens is 2. The van der Waals surface area contributed by atoms with Crippen LogP contribution >= 0.6 is 0 Å². The molecule has 0 aromatic carbocycles. The minimum absolute atomic E-state index is 0.0468. The molecule has 26 heavy (non-hydrogen) atoms. The Balaban J connectivity index is 1.69. The maximum absolute atomic E-state index is 11.0. The minimum atomic E-state index is -0.641. The maximum atomic E-state index is 11.0. The molecular weight excluding hydrogens is 328 g/mol. The van der Waals surface area contributed by atoms with E-state index in [1.807, 2.05) is 13.1 Å². The molecule has 2 saturated carbocycles. The molecule has 0 spiro atoms. The van der Waals surface area contributed by atoms with Crippen LogP contribution in [-0.2, 0) is 12.8 Å². The van der Waals surface area contributed by atoms with Gasteiger partial charge in [-0.1, -0.05) is 13.8 Å². The van der Waals surface area contributed by atoms with Gasteiger partial charge in [0.15, 0.2) is 0 Å². The van der Waals surface area contributed by atoms with E-state index < -0.39 is 5.60 Å². The zero-order valence-corrected chi connectivity index (χ0v) is 16.3. The summed E-state index contributed by atoms with van der Waals surface area (Å²) < 4.78 is 0. The molecule has 0 unspecified atom stereocenters. The van der Waals surface area contributed by atoms with E-state index in [0.717, 1.165) is 44.2 Å². The van der Waals surface area contributed by atoms with Gasteiger partial charge in [0.1, 0.15) is 0 Å². The van der Waals surface area contributed by atoms with Crippen LogP contribution in [0.2, 0.25) is 0 Å². The summed E-state index contributed by atoms with van der Waals surface area (Å²) in [5.74, 6) is 1.08. The van der Waals surface area contributed by atoms with Gasteiger partial charge >= 0.3 is 0 Å². The maximum Gasteiger partial charge on any atom is 0.0675 e. The summed E-state index contributed by atoms with van der Waals surface area (Å²) in [6.45, 7) is 6.87. The summed E-state index contributed by atoms with van der Waals surface area (Å²) in [5.41, 5.74) is 1.62. The molecule has 1 heterocycles. The van der Waals surface area contributed by atoms with E-state index in [9.17, 15) is 15.3 Å². The van der Waals surface area contributed by atoms with Gasteiger partial charge in [-0.3, -0.25) is 5.10 Å². The lowest BCUT2D eigenvalue weighted by Gasteiger charge is -2.57. The van der Waals surface area contributed by atoms with Gasteiger partial charge in [-0.05, 0) is 85.5 Å². The molecule has 0 aliphatic heterocycles. The molecule has 0 radical (unpaired) electrons. The molecule has 0 saturated heterocycles. The first-order valence-corrected chi connectivity index (χ1v) is 10.2. The summed E-state index contributed by atoms with van der Waals surface area (Å²) in [4.78, 5) is 0. The van der Waals surface area contributed by atoms with Gasteiger partial charge in [-0.2, -0.15) is 5.10 Å². The summed E-state index contributed by atoms with van der Waals surface area (Å²) in [5, 5.41) is 38.9. The van der Waals surface area contributed by atoms with Crippen LogP contribution in [0.3, 0.4) is 0 Å². The second-order valence-electron chi connectivity index (χ2n) is 9.97. The van der Waals surface area contributed by atoms with Gasteiger partial charge in [0.05, 0.1) is 11.8 Å². The predicted molar refractivity (Wildman–Crippen MR) is 99.4 cm³/mol. The molecule has 1 aromatic heterocycles. The average molecular weight is 363 g/mol. The molecular formula is C21H34N2O3. The van der Waals surface area contributed by atoms with Crippen molar-refractivity contribution in [2.24, 2.45) is 34.5 Å². The Morgan fingerprint density at radius 3 is 2.54 bits per heavy atom. The Kier molecular flexibility index (Phi) is 4.29. The lowest BCUT2D eigenvalue weighted by atomic mass is 9.48. The number of H-pyrrole nitrogens is 1. The molecule has 4 N–H and O–H groups in total. The van der Waals surface area contributed by atoms with E-state index in [4.69, 9.17) is 0 Å². The molecule has 3 aliphatic rings. The highest BCUT2D eigenvalue weighted by atomic mass is 16.3. The van der Waals surface area contributed by atoms with Crippen molar-refractivity contribution in [1.82, 2.24) is 10.2 Å². The van der Waals surface area contributed by atoms with Crippen molar-refractivity contribution in [1.29, 1.82) is 0 Å². The topological polar surface area (TPSA) is 89.4 Å². The molecule has 1 aromatic rings. The Morgan fingerprint density at radius 1 is 1.12 bits per heavy atom. The first-order chi connectivity index (χ1) is 12.3. The van der Waals surface area contributed by atoms with Crippen LogP contribution in [-0.4, -0.2) is 44.3 Å². The van der Waals surface area contributed by atoms with Crippen molar-refractivity contribution in [2.45, 2.75) is 64.9 Å². The van der Waals surface area contributed by atoms with Crippen molar-refractivity contribution >= 4 is 0 Å². The van der Waals surface area contributed by atoms with Crippen molar-refractivity contribution < 1.29 is 15.3 Å². The number of fused-ring (bicyclic) bond motifs is 2. The first-order valence-electron chi connectivity index (χ1n) is 10.2. The lowest BCUT2D eigenvalue weighted by Crippen LogP contribution is -2.55. The van der Waals surface area contributed by atoms with Gasteiger partial charge in [0.25, 0.3) is 0 Å². The number of nitrogens with one attached hydrogen (secondary N) is 1. The normalized spacial score (nSPS) is 48.2. The number of rotatable bonds is 3. The largest absolute Gasteiger partial charge is 0.396 e. The second-order valence-corrected chi connectivity index (χ2v) is 9.97. The van der Waals surface area contributed by atoms with E-state index in [1.54, 1.807) is 0 Å². The first kappa shape index (κ1) is 18.5. The number of nitrogens with zero attached hydrogens (tertiary/aromatic N) is 1. The van der Waals surface area contributed by atoms with E-state index in [-0.39, 0.29) is 35.9 Å². The second kappa shape index (κ2) is 6.05. The summed E-state index contributed by atoms with van der Waals surface area (Å²) >= 11 is 0. The molecule has 2 fully saturated rings. The quantitative estimate of drug-likeness (QED) is 0.664. The molecule has 7 atom stereocenters. The monoisotopic (exact) mass is 362 g/mol. The van der Waals surface area contributed by atoms with Crippen molar-refractivity contribution in [3.8, 4) is 0 Å². The highest BCUT2D eigenvalue weighted by molar-refractivity contribution is 5.25.